The van der Waals surface area contributed by atoms with Crippen LogP contribution in [0.2, 0.25) is 0 Å². The van der Waals surface area contributed by atoms with Gasteiger partial charge < -0.3 is 10.1 Å². The lowest BCUT2D eigenvalue weighted by atomic mass is 10.2. The van der Waals surface area contributed by atoms with E-state index in [-0.39, 0.29) is 0 Å². The summed E-state index contributed by atoms with van der Waals surface area (Å²) < 4.78 is 6.67. The van der Waals surface area contributed by atoms with Crippen molar-refractivity contribution in [3.05, 3.63) is 39.9 Å². The van der Waals surface area contributed by atoms with Crippen LogP contribution in [0.25, 0.3) is 0 Å². The van der Waals surface area contributed by atoms with E-state index in [0.717, 1.165) is 23.3 Å². The third-order valence-electron chi connectivity index (χ3n) is 2.31. The van der Waals surface area contributed by atoms with E-state index in [9.17, 15) is 0 Å². The minimum atomic E-state index is 0.619. The van der Waals surface area contributed by atoms with Gasteiger partial charge in [-0.05, 0) is 60.1 Å². The Morgan fingerprint density at radius 3 is 2.76 bits per heavy atom. The van der Waals surface area contributed by atoms with Gasteiger partial charge in [-0.3, -0.25) is 0 Å². The molecule has 1 N–H and O–H groups in total. The van der Waals surface area contributed by atoms with Crippen molar-refractivity contribution in [1.29, 1.82) is 0 Å². The second-order valence-corrected chi connectivity index (χ2v) is 4.99. The highest BCUT2D eigenvalue weighted by Gasteiger charge is 2.01. The zero-order valence-electron chi connectivity index (χ0n) is 10.7. The summed E-state index contributed by atoms with van der Waals surface area (Å²) in [6, 6.07) is 6.20. The molecule has 1 rings (SSSR count). The maximum Gasteiger partial charge on any atom is 0.133 e. The number of halogens is 1. The molecule has 0 heterocycles. The Balaban J connectivity index is 2.59. The molecule has 0 aromatic heterocycles. The van der Waals surface area contributed by atoms with Crippen LogP contribution in [-0.2, 0) is 6.54 Å². The highest BCUT2D eigenvalue weighted by Crippen LogP contribution is 2.26. The number of rotatable bonds is 6. The topological polar surface area (TPSA) is 21.3 Å². The number of nitrogens with one attached hydrogen (secondary N) is 1. The van der Waals surface area contributed by atoms with Gasteiger partial charge in [0, 0.05) is 6.54 Å². The van der Waals surface area contributed by atoms with Crippen LogP contribution in [0.3, 0.4) is 0 Å². The fraction of sp³-hybridized carbons (Fsp3) is 0.429. The Labute approximate surface area is 112 Å². The molecule has 17 heavy (non-hydrogen) atoms. The Morgan fingerprint density at radius 1 is 1.41 bits per heavy atom. The first-order valence-corrected chi connectivity index (χ1v) is 6.68. The molecule has 0 aliphatic carbocycles. The van der Waals surface area contributed by atoms with E-state index in [1.54, 1.807) is 0 Å². The minimum absolute atomic E-state index is 0.619. The van der Waals surface area contributed by atoms with E-state index in [2.05, 4.69) is 60.2 Å². The summed E-state index contributed by atoms with van der Waals surface area (Å²) in [6.07, 6.45) is 2.07. The monoisotopic (exact) mass is 297 g/mol. The smallest absolute Gasteiger partial charge is 0.133 e. The van der Waals surface area contributed by atoms with Crippen molar-refractivity contribution >= 4 is 15.9 Å². The minimum Gasteiger partial charge on any atom is -0.488 e. The molecule has 0 saturated heterocycles. The normalized spacial score (nSPS) is 10.1. The molecule has 0 aliphatic rings. The summed E-state index contributed by atoms with van der Waals surface area (Å²) in [5.74, 6) is 0.891. The van der Waals surface area contributed by atoms with Gasteiger partial charge >= 0.3 is 0 Å². The van der Waals surface area contributed by atoms with Crippen molar-refractivity contribution < 1.29 is 4.74 Å². The first kappa shape index (κ1) is 14.3. The number of hydrogen-bond donors (Lipinski definition) is 1. The summed E-state index contributed by atoms with van der Waals surface area (Å²) in [5.41, 5.74) is 2.53. The summed E-state index contributed by atoms with van der Waals surface area (Å²) in [7, 11) is 0. The largest absolute Gasteiger partial charge is 0.488 e. The zero-order chi connectivity index (χ0) is 12.7. The molecule has 0 amide bonds. The lowest BCUT2D eigenvalue weighted by Crippen LogP contribution is -2.11. The fourth-order valence-electron chi connectivity index (χ4n) is 1.34. The van der Waals surface area contributed by atoms with E-state index in [4.69, 9.17) is 4.74 Å². The molecule has 0 unspecified atom stereocenters. The standard InChI is InChI=1S/C14H20BrNO/c1-4-16-10-12-5-6-14(13(15)9-12)17-8-7-11(2)3/h5-7,9,16H,4,8,10H2,1-3H3. The molecule has 1 aromatic carbocycles. The lowest BCUT2D eigenvalue weighted by molar-refractivity contribution is 0.359. The van der Waals surface area contributed by atoms with Crippen LogP contribution in [0, 0.1) is 0 Å². The maximum absolute atomic E-state index is 5.66. The number of hydrogen-bond acceptors (Lipinski definition) is 2. The van der Waals surface area contributed by atoms with Gasteiger partial charge in [-0.2, -0.15) is 0 Å². The molecular formula is C14H20BrNO. The SMILES string of the molecule is CCNCc1ccc(OCC=C(C)C)c(Br)c1. The fourth-order valence-corrected chi connectivity index (χ4v) is 1.88. The zero-order valence-corrected chi connectivity index (χ0v) is 12.3. The van der Waals surface area contributed by atoms with Crippen LogP contribution >= 0.6 is 15.9 Å². The molecule has 94 valence electrons. The van der Waals surface area contributed by atoms with Gasteiger partial charge in [-0.15, -0.1) is 0 Å². The molecule has 0 aliphatic heterocycles. The Hall–Kier alpha value is -0.800. The van der Waals surface area contributed by atoms with Crippen LogP contribution in [-0.4, -0.2) is 13.2 Å². The van der Waals surface area contributed by atoms with Gasteiger partial charge in [0.1, 0.15) is 12.4 Å². The van der Waals surface area contributed by atoms with Crippen molar-refractivity contribution in [2.24, 2.45) is 0 Å². The van der Waals surface area contributed by atoms with E-state index < -0.39 is 0 Å². The van der Waals surface area contributed by atoms with Crippen molar-refractivity contribution in [3.63, 3.8) is 0 Å². The molecular weight excluding hydrogens is 278 g/mol. The van der Waals surface area contributed by atoms with Crippen molar-refractivity contribution in [2.75, 3.05) is 13.2 Å². The van der Waals surface area contributed by atoms with Gasteiger partial charge in [-0.25, -0.2) is 0 Å². The van der Waals surface area contributed by atoms with Crippen LogP contribution in [0.5, 0.6) is 5.75 Å². The molecule has 0 spiro atoms. The highest BCUT2D eigenvalue weighted by atomic mass is 79.9. The maximum atomic E-state index is 5.66. The average molecular weight is 298 g/mol. The molecule has 1 aromatic rings. The van der Waals surface area contributed by atoms with E-state index in [1.807, 2.05) is 6.07 Å². The third-order valence-corrected chi connectivity index (χ3v) is 2.93. The van der Waals surface area contributed by atoms with Crippen LogP contribution in [0.4, 0.5) is 0 Å². The van der Waals surface area contributed by atoms with Gasteiger partial charge in [0.2, 0.25) is 0 Å². The first-order valence-electron chi connectivity index (χ1n) is 5.88. The van der Waals surface area contributed by atoms with Crippen LogP contribution in [0.1, 0.15) is 26.3 Å². The Kier molecular flexibility index (Phi) is 6.30. The van der Waals surface area contributed by atoms with E-state index >= 15 is 0 Å². The van der Waals surface area contributed by atoms with Crippen LogP contribution < -0.4 is 10.1 Å². The number of allylic oxidation sites excluding steroid dienone is 1. The quantitative estimate of drug-likeness (QED) is 0.804. The summed E-state index contributed by atoms with van der Waals surface area (Å²) in [5, 5.41) is 3.30. The van der Waals surface area contributed by atoms with Crippen molar-refractivity contribution in [3.8, 4) is 5.75 Å². The summed E-state index contributed by atoms with van der Waals surface area (Å²) in [4.78, 5) is 0. The van der Waals surface area contributed by atoms with Crippen molar-refractivity contribution in [1.82, 2.24) is 5.32 Å². The first-order chi connectivity index (χ1) is 8.13. The Morgan fingerprint density at radius 2 is 2.18 bits per heavy atom. The lowest BCUT2D eigenvalue weighted by Gasteiger charge is -2.08. The van der Waals surface area contributed by atoms with Gasteiger partial charge in [0.25, 0.3) is 0 Å². The highest BCUT2D eigenvalue weighted by molar-refractivity contribution is 9.10. The van der Waals surface area contributed by atoms with Gasteiger partial charge in [0.05, 0.1) is 4.47 Å². The molecule has 0 atom stereocenters. The molecule has 0 bridgehead atoms. The molecule has 0 saturated carbocycles. The second-order valence-electron chi connectivity index (χ2n) is 4.14. The molecule has 0 fully saturated rings. The van der Waals surface area contributed by atoms with E-state index in [1.165, 1.54) is 11.1 Å². The third kappa shape index (κ3) is 5.37. The van der Waals surface area contributed by atoms with Crippen molar-refractivity contribution in [2.45, 2.75) is 27.3 Å². The summed E-state index contributed by atoms with van der Waals surface area (Å²) >= 11 is 3.53. The molecule has 0 radical (unpaired) electrons. The van der Waals surface area contributed by atoms with E-state index in [0.29, 0.717) is 6.61 Å². The number of benzene rings is 1. The average Bonchev–Trinajstić information content (AvgIpc) is 2.28. The predicted molar refractivity (Wildman–Crippen MR) is 76.4 cm³/mol. The van der Waals surface area contributed by atoms with Gasteiger partial charge in [-0.1, -0.05) is 18.6 Å². The second kappa shape index (κ2) is 7.51. The Bertz CT molecular complexity index is 384. The van der Waals surface area contributed by atoms with Crippen LogP contribution in [0.15, 0.2) is 34.3 Å². The van der Waals surface area contributed by atoms with Gasteiger partial charge in [0.15, 0.2) is 0 Å². The molecule has 2 nitrogen and oxygen atoms in total. The summed E-state index contributed by atoms with van der Waals surface area (Å²) in [6.45, 7) is 8.73. The molecule has 3 heteroatoms. The number of ether oxygens (including phenoxy) is 1. The predicted octanol–water partition coefficient (Wildman–Crippen LogP) is 3.90.